The zero-order valence-electron chi connectivity index (χ0n) is 25.1. The highest BCUT2D eigenvalue weighted by Crippen LogP contribution is 2.59. The van der Waals surface area contributed by atoms with Gasteiger partial charge in [0.1, 0.15) is 0 Å². The molecular formula is C36H56O3. The molecule has 4 fully saturated rings. The molecule has 0 aromatic carbocycles. The second kappa shape index (κ2) is 13.5. The standard InChI is InChI=1S/C36H56O3/c1-5-6-7-8-9-10-11-21-36(22-23-36)34(39)19-14-26(2)31-17-18-32-28(13-12-20-35(31,32)4)15-16-29-24-30(37)25-33(38)27(29)3/h11,14-16,19,21,26,30-34,37-39H,3,5-10,12-13,17-18,20,22-25H2,1-2,4H3/t26-,30-,31-,32+,33+,34+,35-/m1/s1. The van der Waals surface area contributed by atoms with Crippen LogP contribution in [0.4, 0.5) is 0 Å². The summed E-state index contributed by atoms with van der Waals surface area (Å²) in [5.74, 6) is 1.68. The van der Waals surface area contributed by atoms with Gasteiger partial charge in [0.15, 0.2) is 0 Å². The lowest BCUT2D eigenvalue weighted by atomic mass is 9.61. The Morgan fingerprint density at radius 1 is 1.03 bits per heavy atom. The van der Waals surface area contributed by atoms with Crippen LogP contribution in [0.1, 0.15) is 117 Å². The summed E-state index contributed by atoms with van der Waals surface area (Å²) in [6.07, 6.45) is 29.1. The maximum Gasteiger partial charge on any atom is 0.0811 e. The molecule has 7 atom stereocenters. The quantitative estimate of drug-likeness (QED) is 0.173. The molecule has 0 unspecified atom stereocenters. The van der Waals surface area contributed by atoms with Crippen LogP contribution < -0.4 is 0 Å². The minimum atomic E-state index is -0.630. The number of hydrogen-bond acceptors (Lipinski definition) is 3. The monoisotopic (exact) mass is 536 g/mol. The Balaban J connectivity index is 1.35. The largest absolute Gasteiger partial charge is 0.393 e. The van der Waals surface area contributed by atoms with Gasteiger partial charge in [-0.25, -0.2) is 0 Å². The van der Waals surface area contributed by atoms with Crippen molar-refractivity contribution in [3.8, 4) is 0 Å². The van der Waals surface area contributed by atoms with E-state index in [1.165, 1.54) is 63.4 Å². The molecule has 0 aliphatic heterocycles. The summed E-state index contributed by atoms with van der Waals surface area (Å²) in [6.45, 7) is 11.2. The third-order valence-electron chi connectivity index (χ3n) is 10.9. The molecule has 0 saturated heterocycles. The molecule has 4 aliphatic carbocycles. The van der Waals surface area contributed by atoms with Gasteiger partial charge in [-0.15, -0.1) is 0 Å². The molecule has 3 heteroatoms. The van der Waals surface area contributed by atoms with E-state index in [4.69, 9.17) is 0 Å². The molecule has 0 aromatic rings. The Hall–Kier alpha value is -1.42. The summed E-state index contributed by atoms with van der Waals surface area (Å²) in [5.41, 5.74) is 3.58. The van der Waals surface area contributed by atoms with Crippen molar-refractivity contribution in [3.05, 3.63) is 59.8 Å². The Morgan fingerprint density at radius 3 is 2.54 bits per heavy atom. The molecule has 4 rings (SSSR count). The van der Waals surface area contributed by atoms with E-state index in [2.05, 4.69) is 63.8 Å². The van der Waals surface area contributed by atoms with Gasteiger partial charge in [-0.1, -0.05) is 95.1 Å². The number of aliphatic hydroxyl groups excluding tert-OH is 3. The van der Waals surface area contributed by atoms with E-state index < -0.39 is 12.2 Å². The fourth-order valence-corrected chi connectivity index (χ4v) is 8.10. The number of hydrogen-bond donors (Lipinski definition) is 3. The fourth-order valence-electron chi connectivity index (χ4n) is 8.10. The van der Waals surface area contributed by atoms with Crippen molar-refractivity contribution in [1.29, 1.82) is 0 Å². The zero-order valence-corrected chi connectivity index (χ0v) is 25.1. The Labute approximate surface area is 238 Å². The van der Waals surface area contributed by atoms with Crippen molar-refractivity contribution in [3.63, 3.8) is 0 Å². The number of unbranched alkanes of at least 4 members (excludes halogenated alkanes) is 5. The summed E-state index contributed by atoms with van der Waals surface area (Å²) in [4.78, 5) is 0. The SMILES string of the molecule is C=C1C(=CC=C2CCC[C@]3(C)[C@@H]([C@H](C)C=C[C@H](O)C4(C=CCCCCCCC)CC4)CC[C@@H]23)C[C@@H](O)C[C@@H]1O. The molecule has 218 valence electrons. The van der Waals surface area contributed by atoms with E-state index in [0.29, 0.717) is 30.6 Å². The van der Waals surface area contributed by atoms with Gasteiger partial charge in [-0.2, -0.15) is 0 Å². The van der Waals surface area contributed by atoms with Crippen LogP contribution in [-0.2, 0) is 0 Å². The molecule has 0 heterocycles. The van der Waals surface area contributed by atoms with Crippen LogP contribution in [0, 0.1) is 28.6 Å². The van der Waals surface area contributed by atoms with E-state index in [9.17, 15) is 15.3 Å². The van der Waals surface area contributed by atoms with Crippen molar-refractivity contribution >= 4 is 0 Å². The van der Waals surface area contributed by atoms with Crippen molar-refractivity contribution in [2.24, 2.45) is 28.6 Å². The van der Waals surface area contributed by atoms with Crippen LogP contribution in [0.15, 0.2) is 59.8 Å². The zero-order chi connectivity index (χ0) is 28.0. The van der Waals surface area contributed by atoms with Gasteiger partial charge in [0.2, 0.25) is 0 Å². The summed E-state index contributed by atoms with van der Waals surface area (Å²) in [7, 11) is 0. The molecule has 0 spiro atoms. The Kier molecular flexibility index (Phi) is 10.6. The van der Waals surface area contributed by atoms with E-state index in [-0.39, 0.29) is 16.9 Å². The van der Waals surface area contributed by atoms with Crippen LogP contribution in [0.25, 0.3) is 0 Å². The molecule has 0 aromatic heterocycles. The second-order valence-electron chi connectivity index (χ2n) is 13.7. The Morgan fingerprint density at radius 2 is 1.79 bits per heavy atom. The number of aliphatic hydroxyl groups is 3. The molecular weight excluding hydrogens is 480 g/mol. The molecule has 39 heavy (non-hydrogen) atoms. The lowest BCUT2D eigenvalue weighted by Gasteiger charge is -2.44. The molecule has 0 bridgehead atoms. The first kappa shape index (κ1) is 30.5. The molecule has 0 radical (unpaired) electrons. The van der Waals surface area contributed by atoms with Crippen molar-refractivity contribution in [2.45, 2.75) is 135 Å². The van der Waals surface area contributed by atoms with Gasteiger partial charge in [-0.3, -0.25) is 0 Å². The van der Waals surface area contributed by atoms with Gasteiger partial charge in [0, 0.05) is 11.8 Å². The molecule has 4 saturated carbocycles. The van der Waals surface area contributed by atoms with E-state index >= 15 is 0 Å². The lowest BCUT2D eigenvalue weighted by molar-refractivity contribution is 0.0862. The first-order valence-electron chi connectivity index (χ1n) is 16.2. The van der Waals surface area contributed by atoms with Gasteiger partial charge in [-0.05, 0) is 98.5 Å². The maximum absolute atomic E-state index is 11.1. The summed E-state index contributed by atoms with van der Waals surface area (Å²) < 4.78 is 0. The van der Waals surface area contributed by atoms with Crippen molar-refractivity contribution in [1.82, 2.24) is 0 Å². The van der Waals surface area contributed by atoms with Crippen LogP contribution >= 0.6 is 0 Å². The smallest absolute Gasteiger partial charge is 0.0811 e. The molecule has 3 nitrogen and oxygen atoms in total. The highest BCUT2D eigenvalue weighted by Gasteiger charge is 2.50. The lowest BCUT2D eigenvalue weighted by Crippen LogP contribution is -2.35. The number of fused-ring (bicyclic) bond motifs is 1. The predicted octanol–water partition coefficient (Wildman–Crippen LogP) is 8.38. The summed E-state index contributed by atoms with van der Waals surface area (Å²) in [6, 6.07) is 0. The highest BCUT2D eigenvalue weighted by molar-refractivity contribution is 5.38. The van der Waals surface area contributed by atoms with Crippen LogP contribution in [0.3, 0.4) is 0 Å². The summed E-state index contributed by atoms with van der Waals surface area (Å²) in [5, 5.41) is 31.5. The molecule has 4 aliphatic rings. The average Bonchev–Trinajstić information content (AvgIpc) is 3.61. The van der Waals surface area contributed by atoms with Crippen LogP contribution in [0.2, 0.25) is 0 Å². The average molecular weight is 537 g/mol. The van der Waals surface area contributed by atoms with Gasteiger partial charge in [0.25, 0.3) is 0 Å². The summed E-state index contributed by atoms with van der Waals surface area (Å²) >= 11 is 0. The minimum Gasteiger partial charge on any atom is -0.393 e. The third-order valence-corrected chi connectivity index (χ3v) is 10.9. The van der Waals surface area contributed by atoms with Crippen LogP contribution in [-0.4, -0.2) is 33.6 Å². The van der Waals surface area contributed by atoms with Gasteiger partial charge in [0.05, 0.1) is 18.3 Å². The van der Waals surface area contributed by atoms with Crippen molar-refractivity contribution < 1.29 is 15.3 Å². The topological polar surface area (TPSA) is 60.7 Å². The highest BCUT2D eigenvalue weighted by atomic mass is 16.3. The normalized spacial score (nSPS) is 36.2. The van der Waals surface area contributed by atoms with Gasteiger partial charge >= 0.3 is 0 Å². The first-order chi connectivity index (χ1) is 18.7. The third kappa shape index (κ3) is 7.27. The number of rotatable bonds is 12. The van der Waals surface area contributed by atoms with E-state index in [1.54, 1.807) is 0 Å². The van der Waals surface area contributed by atoms with E-state index in [0.717, 1.165) is 36.8 Å². The van der Waals surface area contributed by atoms with Gasteiger partial charge < -0.3 is 15.3 Å². The van der Waals surface area contributed by atoms with Crippen molar-refractivity contribution in [2.75, 3.05) is 0 Å². The minimum absolute atomic E-state index is 0.0136. The Bertz CT molecular complexity index is 950. The maximum atomic E-state index is 11.1. The fraction of sp³-hybridized carbons (Fsp3) is 0.722. The molecule has 0 amide bonds. The number of allylic oxidation sites excluding steroid dienone is 5. The van der Waals surface area contributed by atoms with E-state index in [1.807, 2.05) is 0 Å². The molecule has 3 N–H and O–H groups in total. The van der Waals surface area contributed by atoms with Crippen LogP contribution in [0.5, 0.6) is 0 Å². The predicted molar refractivity (Wildman–Crippen MR) is 163 cm³/mol. The second-order valence-corrected chi connectivity index (χ2v) is 13.7. The first-order valence-corrected chi connectivity index (χ1v) is 16.2.